The molecular formula is C20H22O7. The van der Waals surface area contributed by atoms with Crippen LogP contribution in [-0.2, 0) is 14.3 Å². The second-order valence-corrected chi connectivity index (χ2v) is 8.16. The van der Waals surface area contributed by atoms with Crippen molar-refractivity contribution in [1.82, 2.24) is 0 Å². The van der Waals surface area contributed by atoms with Crippen molar-refractivity contribution in [3.63, 3.8) is 0 Å². The molecule has 2 unspecified atom stereocenters. The van der Waals surface area contributed by atoms with E-state index >= 15 is 0 Å². The van der Waals surface area contributed by atoms with Gasteiger partial charge in [-0.05, 0) is 30.9 Å². The molecule has 3 N–H and O–H groups in total. The van der Waals surface area contributed by atoms with E-state index in [9.17, 15) is 20.1 Å². The molecule has 7 heteroatoms. The third-order valence-corrected chi connectivity index (χ3v) is 7.09. The molecule has 1 spiro atoms. The van der Waals surface area contributed by atoms with Gasteiger partial charge in [-0.1, -0.05) is 12.2 Å². The van der Waals surface area contributed by atoms with Crippen LogP contribution in [0.15, 0.2) is 46.8 Å². The van der Waals surface area contributed by atoms with E-state index in [0.717, 1.165) is 0 Å². The zero-order valence-electron chi connectivity index (χ0n) is 14.7. The minimum Gasteiger partial charge on any atom is -0.472 e. The summed E-state index contributed by atoms with van der Waals surface area (Å²) in [7, 11) is 0. The number of carbonyl (C=O) groups is 1. The lowest BCUT2D eigenvalue weighted by molar-refractivity contribution is -0.284. The second-order valence-electron chi connectivity index (χ2n) is 8.16. The molecule has 3 heterocycles. The fourth-order valence-electron chi connectivity index (χ4n) is 5.84. The fourth-order valence-corrected chi connectivity index (χ4v) is 5.84. The third kappa shape index (κ3) is 2.03. The number of hydrogen-bond donors (Lipinski definition) is 3. The van der Waals surface area contributed by atoms with E-state index in [-0.39, 0.29) is 18.9 Å². The quantitative estimate of drug-likeness (QED) is 0.539. The summed E-state index contributed by atoms with van der Waals surface area (Å²) in [5.41, 5.74) is -0.0342. The van der Waals surface area contributed by atoms with Gasteiger partial charge >= 0.3 is 5.97 Å². The summed E-state index contributed by atoms with van der Waals surface area (Å²) in [5, 5.41) is 32.2. The average molecular weight is 374 g/mol. The number of esters is 1. The number of carbonyl (C=O) groups excluding carboxylic acids is 1. The molecule has 1 aromatic rings. The van der Waals surface area contributed by atoms with E-state index in [1.165, 1.54) is 12.5 Å². The van der Waals surface area contributed by atoms with Crippen molar-refractivity contribution in [2.24, 2.45) is 16.7 Å². The van der Waals surface area contributed by atoms with Crippen LogP contribution in [0.25, 0.3) is 0 Å². The molecule has 2 bridgehead atoms. The summed E-state index contributed by atoms with van der Waals surface area (Å²) in [6.45, 7) is 4.32. The Kier molecular flexibility index (Phi) is 3.53. The molecule has 27 heavy (non-hydrogen) atoms. The van der Waals surface area contributed by atoms with Crippen LogP contribution in [0.3, 0.4) is 0 Å². The molecule has 2 aliphatic heterocycles. The summed E-state index contributed by atoms with van der Waals surface area (Å²) < 4.78 is 16.5. The number of furan rings is 1. The van der Waals surface area contributed by atoms with Crippen LogP contribution >= 0.6 is 0 Å². The number of ether oxygens (including phenoxy) is 2. The molecule has 4 aliphatic rings. The van der Waals surface area contributed by atoms with Crippen molar-refractivity contribution >= 4 is 5.97 Å². The molecular weight excluding hydrogens is 352 g/mol. The molecule has 1 saturated carbocycles. The van der Waals surface area contributed by atoms with Crippen LogP contribution < -0.4 is 0 Å². The molecule has 144 valence electrons. The maximum absolute atomic E-state index is 12.5. The van der Waals surface area contributed by atoms with Crippen LogP contribution in [0.2, 0.25) is 0 Å². The lowest BCUT2D eigenvalue weighted by Crippen LogP contribution is -2.66. The first kappa shape index (κ1) is 17.2. The van der Waals surface area contributed by atoms with E-state index in [1.54, 1.807) is 12.1 Å². The van der Waals surface area contributed by atoms with E-state index < -0.39 is 41.4 Å². The van der Waals surface area contributed by atoms with Crippen LogP contribution in [-0.4, -0.2) is 46.4 Å². The van der Waals surface area contributed by atoms with Crippen LogP contribution in [0, 0.1) is 16.7 Å². The molecule has 5 rings (SSSR count). The Bertz CT molecular complexity index is 827. The number of aliphatic hydroxyl groups excluding tert-OH is 3. The van der Waals surface area contributed by atoms with E-state index in [0.29, 0.717) is 29.6 Å². The van der Waals surface area contributed by atoms with Gasteiger partial charge < -0.3 is 29.2 Å². The molecule has 2 aliphatic carbocycles. The van der Waals surface area contributed by atoms with Crippen LogP contribution in [0.5, 0.6) is 0 Å². The monoisotopic (exact) mass is 374 g/mol. The minimum atomic E-state index is -1.19. The minimum absolute atomic E-state index is 0.143. The van der Waals surface area contributed by atoms with Gasteiger partial charge in [-0.25, -0.2) is 4.79 Å². The van der Waals surface area contributed by atoms with Gasteiger partial charge in [-0.2, -0.15) is 0 Å². The maximum Gasteiger partial charge on any atom is 0.334 e. The molecule has 7 atom stereocenters. The number of rotatable bonds is 3. The van der Waals surface area contributed by atoms with Crippen molar-refractivity contribution < 1.29 is 34.0 Å². The molecule has 7 nitrogen and oxygen atoms in total. The van der Waals surface area contributed by atoms with Gasteiger partial charge in [-0.3, -0.25) is 0 Å². The highest BCUT2D eigenvalue weighted by atomic mass is 16.6. The average Bonchev–Trinajstić information content (AvgIpc) is 3.24. The Morgan fingerprint density at radius 2 is 2.19 bits per heavy atom. The normalized spacial score (nSPS) is 43.7. The molecule has 0 radical (unpaired) electrons. The van der Waals surface area contributed by atoms with E-state index in [2.05, 4.69) is 6.58 Å². The van der Waals surface area contributed by atoms with Gasteiger partial charge in [-0.15, -0.1) is 0 Å². The predicted octanol–water partition coefficient (Wildman–Crippen LogP) is 1.22. The van der Waals surface area contributed by atoms with Crippen LogP contribution in [0.1, 0.15) is 30.9 Å². The highest BCUT2D eigenvalue weighted by molar-refractivity contribution is 5.93. The maximum atomic E-state index is 12.5. The topological polar surface area (TPSA) is 109 Å². The van der Waals surface area contributed by atoms with Crippen molar-refractivity contribution in [1.29, 1.82) is 0 Å². The molecule has 0 amide bonds. The molecule has 2 saturated heterocycles. The first-order valence-corrected chi connectivity index (χ1v) is 9.19. The van der Waals surface area contributed by atoms with Gasteiger partial charge in [0.25, 0.3) is 0 Å². The van der Waals surface area contributed by atoms with Gasteiger partial charge in [0.2, 0.25) is 0 Å². The lowest BCUT2D eigenvalue weighted by atomic mass is 9.45. The highest BCUT2D eigenvalue weighted by Gasteiger charge is 2.72. The smallest absolute Gasteiger partial charge is 0.334 e. The Labute approximate surface area is 155 Å². The highest BCUT2D eigenvalue weighted by Crippen LogP contribution is 2.68. The molecule has 3 fully saturated rings. The van der Waals surface area contributed by atoms with Crippen molar-refractivity contribution in [2.75, 3.05) is 6.61 Å². The van der Waals surface area contributed by atoms with Gasteiger partial charge in [0.15, 0.2) is 6.29 Å². The van der Waals surface area contributed by atoms with Gasteiger partial charge in [0.05, 0.1) is 36.8 Å². The van der Waals surface area contributed by atoms with E-state index in [4.69, 9.17) is 13.9 Å². The first-order chi connectivity index (χ1) is 12.9. The predicted molar refractivity (Wildman–Crippen MR) is 90.9 cm³/mol. The summed E-state index contributed by atoms with van der Waals surface area (Å²) >= 11 is 0. The van der Waals surface area contributed by atoms with Crippen molar-refractivity contribution in [3.8, 4) is 0 Å². The second kappa shape index (κ2) is 5.54. The lowest BCUT2D eigenvalue weighted by Gasteiger charge is -2.62. The zero-order valence-corrected chi connectivity index (χ0v) is 14.7. The van der Waals surface area contributed by atoms with E-state index in [1.807, 2.05) is 0 Å². The summed E-state index contributed by atoms with van der Waals surface area (Å²) in [6.07, 6.45) is 2.05. The summed E-state index contributed by atoms with van der Waals surface area (Å²) in [6, 6.07) is 1.67. The van der Waals surface area contributed by atoms with Crippen LogP contribution in [0.4, 0.5) is 0 Å². The Hall–Kier alpha value is -1.93. The summed E-state index contributed by atoms with van der Waals surface area (Å²) in [5.74, 6) is -0.772. The zero-order chi connectivity index (χ0) is 19.0. The Morgan fingerprint density at radius 1 is 1.37 bits per heavy atom. The standard InChI is InChI=1S/C20H22O7/c1-10-4-16-20-9-26-18(24)19(10,7-14(22)11-2-3-25-8-11)15(20)6-12(21)5-13(20)17(23)27-16/h2-3,5,8,12,14-16,18,21-22,24H,1,4,6-7,9H2/t12-,14+,15?,16-,18-,19?,20+/m1/s1. The Morgan fingerprint density at radius 3 is 2.93 bits per heavy atom. The SMILES string of the molecule is C=C1C[C@H]2OC(=O)C3=C[C@@H](O)CC4C1(C[C@H](O)c1ccoc1)[C@H](O)OC[C@]342. The Balaban J connectivity index is 1.64. The number of aliphatic hydroxyl groups is 3. The molecule has 1 aromatic heterocycles. The first-order valence-electron chi connectivity index (χ1n) is 9.19. The van der Waals surface area contributed by atoms with Gasteiger partial charge in [0, 0.05) is 23.0 Å². The number of hydrogen-bond acceptors (Lipinski definition) is 7. The van der Waals surface area contributed by atoms with Crippen molar-refractivity contribution in [2.45, 2.75) is 43.9 Å². The van der Waals surface area contributed by atoms with Crippen molar-refractivity contribution in [3.05, 3.63) is 48.0 Å². The largest absolute Gasteiger partial charge is 0.472 e. The molecule has 0 aromatic carbocycles. The summed E-state index contributed by atoms with van der Waals surface area (Å²) in [4.78, 5) is 12.5. The fraction of sp³-hybridized carbons (Fsp3) is 0.550. The third-order valence-electron chi connectivity index (χ3n) is 7.09. The van der Waals surface area contributed by atoms with Gasteiger partial charge in [0.1, 0.15) is 6.10 Å².